The van der Waals surface area contributed by atoms with Crippen molar-refractivity contribution in [3.05, 3.63) is 42.9 Å². The van der Waals surface area contributed by atoms with Gasteiger partial charge in [0.2, 0.25) is 0 Å². The van der Waals surface area contributed by atoms with Gasteiger partial charge in [-0.15, -0.1) is 0 Å². The van der Waals surface area contributed by atoms with E-state index in [2.05, 4.69) is 26.9 Å². The highest BCUT2D eigenvalue weighted by atomic mass is 16.5. The summed E-state index contributed by atoms with van der Waals surface area (Å²) in [4.78, 5) is 11.3. The molecule has 1 aliphatic rings. The number of para-hydroxylation sites is 1. The molecule has 124 valence electrons. The summed E-state index contributed by atoms with van der Waals surface area (Å²) in [5.74, 6) is 0.931. The van der Waals surface area contributed by atoms with Crippen LogP contribution in [-0.2, 0) is 4.74 Å². The van der Waals surface area contributed by atoms with Crippen LogP contribution < -0.4 is 4.90 Å². The maximum absolute atomic E-state index is 5.79. The Balaban J connectivity index is 1.72. The molecule has 1 saturated heterocycles. The molecule has 3 heterocycles. The number of hydrogen-bond acceptors (Lipinski definition) is 5. The molecule has 0 N–H and O–H groups in total. The Labute approximate surface area is 141 Å². The Bertz CT molecular complexity index is 811. The third kappa shape index (κ3) is 2.73. The first-order chi connectivity index (χ1) is 11.9. The van der Waals surface area contributed by atoms with Crippen LogP contribution >= 0.6 is 0 Å². The van der Waals surface area contributed by atoms with Gasteiger partial charge >= 0.3 is 0 Å². The first kappa shape index (κ1) is 15.1. The van der Waals surface area contributed by atoms with Crippen LogP contribution in [0.3, 0.4) is 0 Å². The van der Waals surface area contributed by atoms with Crippen molar-refractivity contribution < 1.29 is 4.74 Å². The molecule has 1 aliphatic heterocycles. The van der Waals surface area contributed by atoms with Crippen LogP contribution in [0.5, 0.6) is 0 Å². The van der Waals surface area contributed by atoms with E-state index in [9.17, 15) is 0 Å². The highest BCUT2D eigenvalue weighted by Gasteiger charge is 2.21. The number of likely N-dealkylation sites (N-methyl/N-ethyl adjacent to an activating group) is 1. The lowest BCUT2D eigenvalue weighted by Gasteiger charge is -2.25. The smallest absolute Gasteiger partial charge is 0.168 e. The van der Waals surface area contributed by atoms with Crippen molar-refractivity contribution in [2.45, 2.75) is 25.9 Å². The quantitative estimate of drug-likeness (QED) is 0.722. The highest BCUT2D eigenvalue weighted by molar-refractivity contribution is 5.87. The van der Waals surface area contributed by atoms with Crippen molar-refractivity contribution in [2.75, 3.05) is 24.6 Å². The van der Waals surface area contributed by atoms with E-state index in [1.807, 2.05) is 41.2 Å². The molecule has 0 bridgehead atoms. The van der Waals surface area contributed by atoms with Crippen molar-refractivity contribution in [2.24, 2.45) is 0 Å². The number of anilines is 1. The third-order valence-electron chi connectivity index (χ3n) is 4.47. The molecule has 0 aliphatic carbocycles. The first-order valence-corrected chi connectivity index (χ1v) is 8.47. The summed E-state index contributed by atoms with van der Waals surface area (Å²) in [7, 11) is 0. The van der Waals surface area contributed by atoms with Gasteiger partial charge in [-0.25, -0.2) is 14.6 Å². The first-order valence-electron chi connectivity index (χ1n) is 8.47. The van der Waals surface area contributed by atoms with Crippen molar-refractivity contribution in [3.8, 4) is 5.69 Å². The predicted octanol–water partition coefficient (Wildman–Crippen LogP) is 2.82. The Morgan fingerprint density at radius 2 is 2.12 bits per heavy atom. The van der Waals surface area contributed by atoms with E-state index in [0.29, 0.717) is 6.10 Å². The molecule has 0 spiro atoms. The van der Waals surface area contributed by atoms with Crippen LogP contribution in [0.2, 0.25) is 0 Å². The Hall–Kier alpha value is -2.47. The van der Waals surface area contributed by atoms with Crippen LogP contribution in [-0.4, -0.2) is 45.5 Å². The van der Waals surface area contributed by atoms with Gasteiger partial charge < -0.3 is 9.64 Å². The summed E-state index contributed by atoms with van der Waals surface area (Å²) in [6, 6.07) is 10.0. The molecular formula is C18H21N5O. The molecule has 24 heavy (non-hydrogen) atoms. The van der Waals surface area contributed by atoms with Crippen LogP contribution in [0, 0.1) is 0 Å². The molecule has 1 aromatic carbocycles. The summed E-state index contributed by atoms with van der Waals surface area (Å²) in [5.41, 5.74) is 1.83. The monoisotopic (exact) mass is 323 g/mol. The Kier molecular flexibility index (Phi) is 4.13. The standard InChI is InChI=1S/C18H21N5O/c1-2-22(12-15-9-6-10-24-15)17-16-11-21-23(18(16)20-13-19-17)14-7-4-3-5-8-14/h3-5,7-8,11,13,15H,2,6,9-10,12H2,1H3/t15-/m1/s1. The van der Waals surface area contributed by atoms with Gasteiger partial charge in [0, 0.05) is 19.7 Å². The summed E-state index contributed by atoms with van der Waals surface area (Å²) in [5, 5.41) is 5.50. The molecule has 6 nitrogen and oxygen atoms in total. The molecule has 6 heteroatoms. The van der Waals surface area contributed by atoms with E-state index >= 15 is 0 Å². The minimum absolute atomic E-state index is 0.291. The zero-order valence-corrected chi connectivity index (χ0v) is 13.8. The van der Waals surface area contributed by atoms with Gasteiger partial charge in [-0.1, -0.05) is 18.2 Å². The molecule has 1 atom stereocenters. The lowest BCUT2D eigenvalue weighted by atomic mass is 10.2. The molecule has 0 radical (unpaired) electrons. The van der Waals surface area contributed by atoms with Crippen molar-refractivity contribution in [1.29, 1.82) is 0 Å². The number of hydrogen-bond donors (Lipinski definition) is 0. The minimum atomic E-state index is 0.291. The summed E-state index contributed by atoms with van der Waals surface area (Å²) in [6.07, 6.45) is 6.04. The lowest BCUT2D eigenvalue weighted by molar-refractivity contribution is 0.115. The normalized spacial score (nSPS) is 17.5. The molecular weight excluding hydrogens is 302 g/mol. The van der Waals surface area contributed by atoms with Gasteiger partial charge in [0.15, 0.2) is 5.65 Å². The highest BCUT2D eigenvalue weighted by Crippen LogP contribution is 2.26. The SMILES string of the molecule is CCN(C[C@H]1CCCO1)c1ncnc2c1cnn2-c1ccccc1. The second-order valence-electron chi connectivity index (χ2n) is 6.00. The fraction of sp³-hybridized carbons (Fsp3) is 0.389. The predicted molar refractivity (Wildman–Crippen MR) is 93.5 cm³/mol. The fourth-order valence-corrected chi connectivity index (χ4v) is 3.24. The summed E-state index contributed by atoms with van der Waals surface area (Å²) >= 11 is 0. The molecule has 4 rings (SSSR count). The number of benzene rings is 1. The van der Waals surface area contributed by atoms with Gasteiger partial charge in [0.1, 0.15) is 12.1 Å². The Morgan fingerprint density at radius 1 is 1.25 bits per heavy atom. The number of nitrogens with zero attached hydrogens (tertiary/aromatic N) is 5. The van der Waals surface area contributed by atoms with Crippen molar-refractivity contribution in [3.63, 3.8) is 0 Å². The van der Waals surface area contributed by atoms with E-state index < -0.39 is 0 Å². The van der Waals surface area contributed by atoms with Gasteiger partial charge in [-0.2, -0.15) is 5.10 Å². The van der Waals surface area contributed by atoms with Gasteiger partial charge in [0.05, 0.1) is 23.4 Å². The third-order valence-corrected chi connectivity index (χ3v) is 4.47. The zero-order valence-electron chi connectivity index (χ0n) is 13.8. The topological polar surface area (TPSA) is 56.1 Å². The molecule has 0 amide bonds. The van der Waals surface area contributed by atoms with Crippen LogP contribution in [0.15, 0.2) is 42.9 Å². The molecule has 1 fully saturated rings. The van der Waals surface area contributed by atoms with Crippen molar-refractivity contribution in [1.82, 2.24) is 19.7 Å². The number of rotatable bonds is 5. The number of aromatic nitrogens is 4. The average molecular weight is 323 g/mol. The largest absolute Gasteiger partial charge is 0.376 e. The number of fused-ring (bicyclic) bond motifs is 1. The summed E-state index contributed by atoms with van der Waals surface area (Å²) < 4.78 is 7.65. The van der Waals surface area contributed by atoms with Crippen LogP contribution in [0.4, 0.5) is 5.82 Å². The van der Waals surface area contributed by atoms with Gasteiger partial charge in [0.25, 0.3) is 0 Å². The van der Waals surface area contributed by atoms with E-state index in [0.717, 1.165) is 55.1 Å². The Morgan fingerprint density at radius 3 is 2.88 bits per heavy atom. The van der Waals surface area contributed by atoms with E-state index in [1.54, 1.807) is 6.33 Å². The van der Waals surface area contributed by atoms with E-state index in [4.69, 9.17) is 4.74 Å². The van der Waals surface area contributed by atoms with Gasteiger partial charge in [-0.3, -0.25) is 0 Å². The van der Waals surface area contributed by atoms with Crippen molar-refractivity contribution >= 4 is 16.9 Å². The van der Waals surface area contributed by atoms with E-state index in [-0.39, 0.29) is 0 Å². The second kappa shape index (κ2) is 6.57. The fourth-order valence-electron chi connectivity index (χ4n) is 3.24. The number of ether oxygens (including phenoxy) is 1. The molecule has 2 aromatic heterocycles. The molecule has 3 aromatic rings. The summed E-state index contributed by atoms with van der Waals surface area (Å²) in [6.45, 7) is 4.75. The zero-order chi connectivity index (χ0) is 16.4. The lowest BCUT2D eigenvalue weighted by Crippen LogP contribution is -2.32. The maximum atomic E-state index is 5.79. The van der Waals surface area contributed by atoms with Gasteiger partial charge in [-0.05, 0) is 31.9 Å². The average Bonchev–Trinajstić information content (AvgIpc) is 3.30. The van der Waals surface area contributed by atoms with Crippen LogP contribution in [0.25, 0.3) is 16.7 Å². The molecule has 0 unspecified atom stereocenters. The molecule has 0 saturated carbocycles. The minimum Gasteiger partial charge on any atom is -0.376 e. The van der Waals surface area contributed by atoms with Crippen LogP contribution in [0.1, 0.15) is 19.8 Å². The maximum Gasteiger partial charge on any atom is 0.168 e. The van der Waals surface area contributed by atoms with E-state index in [1.165, 1.54) is 0 Å². The second-order valence-corrected chi connectivity index (χ2v) is 6.00.